The van der Waals surface area contributed by atoms with E-state index < -0.39 is 0 Å². The molecule has 0 amide bonds. The van der Waals surface area contributed by atoms with Gasteiger partial charge in [0.25, 0.3) is 0 Å². The summed E-state index contributed by atoms with van der Waals surface area (Å²) in [6.45, 7) is 4.18. The first-order valence-corrected chi connectivity index (χ1v) is 11.5. The van der Waals surface area contributed by atoms with Crippen molar-refractivity contribution in [2.45, 2.75) is 129 Å². The summed E-state index contributed by atoms with van der Waals surface area (Å²) in [5.41, 5.74) is 0. The normalized spacial score (nSPS) is 14.4. The lowest BCUT2D eigenvalue weighted by molar-refractivity contribution is 0.127. The first kappa shape index (κ1) is 22.0. The molecule has 0 unspecified atom stereocenters. The molecule has 0 spiro atoms. The minimum atomic E-state index is 0.969. The molecule has 0 atom stereocenters. The molecule has 0 bridgehead atoms. The topological polar surface area (TPSA) is 9.23 Å². The van der Waals surface area contributed by atoms with Crippen molar-refractivity contribution in [3.63, 3.8) is 0 Å². The Balaban J connectivity index is 1.59. The van der Waals surface area contributed by atoms with E-state index in [1.165, 1.54) is 122 Å². The maximum atomic E-state index is 5.60. The van der Waals surface area contributed by atoms with E-state index in [1.54, 1.807) is 0 Å². The highest BCUT2D eigenvalue weighted by atomic mass is 16.5. The third-order valence-electron chi connectivity index (χ3n) is 5.49. The second-order valence-electron chi connectivity index (χ2n) is 8.15. The largest absolute Gasteiger partial charge is 0.381 e. The second-order valence-corrected chi connectivity index (χ2v) is 8.15. The van der Waals surface area contributed by atoms with Crippen molar-refractivity contribution in [3.8, 4) is 0 Å². The molecule has 1 aliphatic rings. The van der Waals surface area contributed by atoms with Gasteiger partial charge in [-0.1, -0.05) is 116 Å². The summed E-state index contributed by atoms with van der Waals surface area (Å²) in [5, 5.41) is 0. The fraction of sp³-hybridized carbons (Fsp3) is 1.00. The summed E-state index contributed by atoms with van der Waals surface area (Å²) in [7, 11) is 0. The fourth-order valence-corrected chi connectivity index (χ4v) is 3.51. The van der Waals surface area contributed by atoms with Crippen LogP contribution in [0.15, 0.2) is 0 Å². The zero-order valence-corrected chi connectivity index (χ0v) is 16.8. The van der Waals surface area contributed by atoms with Crippen molar-refractivity contribution in [2.75, 3.05) is 13.2 Å². The van der Waals surface area contributed by atoms with Gasteiger partial charge < -0.3 is 4.74 Å². The van der Waals surface area contributed by atoms with E-state index in [0.717, 1.165) is 19.1 Å². The molecule has 1 nitrogen and oxygen atoms in total. The van der Waals surface area contributed by atoms with Gasteiger partial charge in [-0.3, -0.25) is 0 Å². The average molecular weight is 339 g/mol. The van der Waals surface area contributed by atoms with Gasteiger partial charge in [-0.15, -0.1) is 0 Å². The van der Waals surface area contributed by atoms with Gasteiger partial charge in [-0.2, -0.15) is 0 Å². The molecule has 0 N–H and O–H groups in total. The molecule has 1 fully saturated rings. The molecule has 0 saturated heterocycles. The summed E-state index contributed by atoms with van der Waals surface area (Å²) in [4.78, 5) is 0. The van der Waals surface area contributed by atoms with E-state index in [0.29, 0.717) is 0 Å². The van der Waals surface area contributed by atoms with Crippen LogP contribution < -0.4 is 0 Å². The van der Waals surface area contributed by atoms with E-state index in [2.05, 4.69) is 6.92 Å². The number of rotatable bonds is 20. The van der Waals surface area contributed by atoms with E-state index in [4.69, 9.17) is 4.74 Å². The van der Waals surface area contributed by atoms with Gasteiger partial charge in [0.1, 0.15) is 0 Å². The molecule has 0 aliphatic heterocycles. The lowest BCUT2D eigenvalue weighted by Gasteiger charge is -2.04. The molecule has 24 heavy (non-hydrogen) atoms. The lowest BCUT2D eigenvalue weighted by atomic mass is 10.0. The van der Waals surface area contributed by atoms with Gasteiger partial charge in [0.2, 0.25) is 0 Å². The van der Waals surface area contributed by atoms with Crippen molar-refractivity contribution in [1.29, 1.82) is 0 Å². The Labute approximate surface area is 153 Å². The molecule has 0 radical (unpaired) electrons. The van der Waals surface area contributed by atoms with Gasteiger partial charge in [-0.25, -0.2) is 0 Å². The predicted octanol–water partition coefficient (Wildman–Crippen LogP) is 8.06. The SMILES string of the molecule is CCCCOCCCCCCCCCCCCCCCCC1CC1. The van der Waals surface area contributed by atoms with E-state index in [9.17, 15) is 0 Å². The van der Waals surface area contributed by atoms with Crippen molar-refractivity contribution in [2.24, 2.45) is 5.92 Å². The molecule has 1 heteroatoms. The van der Waals surface area contributed by atoms with Crippen molar-refractivity contribution in [3.05, 3.63) is 0 Å². The van der Waals surface area contributed by atoms with Gasteiger partial charge in [0, 0.05) is 13.2 Å². The summed E-state index contributed by atoms with van der Waals surface area (Å²) in [6.07, 6.45) is 27.4. The lowest BCUT2D eigenvalue weighted by Crippen LogP contribution is -1.96. The van der Waals surface area contributed by atoms with Gasteiger partial charge in [0.05, 0.1) is 0 Å². The highest BCUT2D eigenvalue weighted by molar-refractivity contribution is 4.72. The van der Waals surface area contributed by atoms with Crippen molar-refractivity contribution in [1.82, 2.24) is 0 Å². The summed E-state index contributed by atoms with van der Waals surface area (Å²) in [5.74, 6) is 1.14. The summed E-state index contributed by atoms with van der Waals surface area (Å²) >= 11 is 0. The van der Waals surface area contributed by atoms with Crippen molar-refractivity contribution < 1.29 is 4.74 Å². The number of ether oxygens (including phenoxy) is 1. The zero-order chi connectivity index (χ0) is 17.1. The molecule has 0 aromatic rings. The highest BCUT2D eigenvalue weighted by Gasteiger charge is 2.19. The third-order valence-corrected chi connectivity index (χ3v) is 5.49. The molecule has 0 heterocycles. The van der Waals surface area contributed by atoms with Crippen LogP contribution in [0.4, 0.5) is 0 Å². The molecule has 1 aliphatic carbocycles. The first-order chi connectivity index (χ1) is 11.9. The van der Waals surface area contributed by atoms with Gasteiger partial charge in [0.15, 0.2) is 0 Å². The molecule has 144 valence electrons. The van der Waals surface area contributed by atoms with Crippen LogP contribution >= 0.6 is 0 Å². The minimum absolute atomic E-state index is 0.969. The summed E-state index contributed by atoms with van der Waals surface area (Å²) < 4.78 is 5.60. The molecule has 1 saturated carbocycles. The Morgan fingerprint density at radius 1 is 0.542 bits per heavy atom. The fourth-order valence-electron chi connectivity index (χ4n) is 3.51. The maximum Gasteiger partial charge on any atom is 0.0466 e. The van der Waals surface area contributed by atoms with Crippen LogP contribution in [0.25, 0.3) is 0 Å². The number of hydrogen-bond donors (Lipinski definition) is 0. The Morgan fingerprint density at radius 2 is 0.958 bits per heavy atom. The Morgan fingerprint density at radius 3 is 1.42 bits per heavy atom. The summed E-state index contributed by atoms with van der Waals surface area (Å²) in [6, 6.07) is 0. The van der Waals surface area contributed by atoms with Crippen molar-refractivity contribution >= 4 is 0 Å². The number of unbranched alkanes of at least 4 members (excludes halogenated alkanes) is 14. The third kappa shape index (κ3) is 16.8. The van der Waals surface area contributed by atoms with Crippen LogP contribution in [0.5, 0.6) is 0 Å². The first-order valence-electron chi connectivity index (χ1n) is 11.5. The zero-order valence-electron chi connectivity index (χ0n) is 16.8. The van der Waals surface area contributed by atoms with Gasteiger partial charge >= 0.3 is 0 Å². The number of hydrogen-bond acceptors (Lipinski definition) is 1. The Hall–Kier alpha value is -0.0400. The average Bonchev–Trinajstić information content (AvgIpc) is 3.41. The standard InChI is InChI=1S/C23H46O/c1-2-3-21-24-22-17-15-13-11-9-7-5-4-6-8-10-12-14-16-18-23-19-20-23/h23H,2-22H2,1H3. The predicted molar refractivity (Wildman–Crippen MR) is 108 cm³/mol. The van der Waals surface area contributed by atoms with Crippen LogP contribution in [0, 0.1) is 5.92 Å². The smallest absolute Gasteiger partial charge is 0.0466 e. The van der Waals surface area contributed by atoms with E-state index in [-0.39, 0.29) is 0 Å². The maximum absolute atomic E-state index is 5.60. The van der Waals surface area contributed by atoms with E-state index in [1.807, 2.05) is 0 Å². The Bertz CT molecular complexity index is 234. The van der Waals surface area contributed by atoms with Gasteiger partial charge in [-0.05, 0) is 18.8 Å². The molecular formula is C23H46O. The quantitative estimate of drug-likeness (QED) is 0.204. The van der Waals surface area contributed by atoms with Crippen LogP contribution in [-0.4, -0.2) is 13.2 Å². The Kier molecular flexibility index (Phi) is 16.3. The minimum Gasteiger partial charge on any atom is -0.381 e. The van der Waals surface area contributed by atoms with Crippen LogP contribution in [0.2, 0.25) is 0 Å². The molecular weight excluding hydrogens is 292 g/mol. The molecule has 1 rings (SSSR count). The molecule has 0 aromatic heterocycles. The second kappa shape index (κ2) is 17.8. The monoisotopic (exact) mass is 338 g/mol. The molecule has 0 aromatic carbocycles. The van der Waals surface area contributed by atoms with Crippen LogP contribution in [0.3, 0.4) is 0 Å². The van der Waals surface area contributed by atoms with Crippen LogP contribution in [0.1, 0.15) is 129 Å². The van der Waals surface area contributed by atoms with E-state index >= 15 is 0 Å². The highest BCUT2D eigenvalue weighted by Crippen LogP contribution is 2.34. The van der Waals surface area contributed by atoms with Crippen LogP contribution in [-0.2, 0) is 4.74 Å².